The first-order valence-corrected chi connectivity index (χ1v) is 9.21. The maximum Gasteiger partial charge on any atom is 0.191 e. The summed E-state index contributed by atoms with van der Waals surface area (Å²) in [6.07, 6.45) is 3.82. The molecule has 1 aliphatic carbocycles. The van der Waals surface area contributed by atoms with E-state index in [2.05, 4.69) is 64.9 Å². The molecule has 2 atom stereocenters. The van der Waals surface area contributed by atoms with Gasteiger partial charge in [-0.1, -0.05) is 31.5 Å². The molecule has 0 spiro atoms. The molecule has 0 saturated heterocycles. The second-order valence-electron chi connectivity index (χ2n) is 6.93. The molecule has 1 heterocycles. The molecule has 3 rings (SSSR count). The van der Waals surface area contributed by atoms with Crippen molar-refractivity contribution in [2.45, 2.75) is 52.6 Å². The van der Waals surface area contributed by atoms with Crippen LogP contribution in [0.25, 0.3) is 5.69 Å². The zero-order valence-electron chi connectivity index (χ0n) is 15.7. The van der Waals surface area contributed by atoms with E-state index in [1.807, 2.05) is 18.7 Å². The number of nitrogens with one attached hydrogen (secondary N) is 2. The number of rotatable bonds is 6. The first-order chi connectivity index (χ1) is 12.1. The Balaban J connectivity index is 1.66. The fourth-order valence-electron chi connectivity index (χ4n) is 3.40. The third-order valence-corrected chi connectivity index (χ3v) is 4.80. The Hall–Kier alpha value is -2.30. The Morgan fingerprint density at radius 1 is 1.32 bits per heavy atom. The lowest BCUT2D eigenvalue weighted by atomic mass is 10.1. The molecule has 0 bridgehead atoms. The number of guanidine groups is 1. The first kappa shape index (κ1) is 17.5. The Kier molecular flexibility index (Phi) is 5.41. The van der Waals surface area contributed by atoms with E-state index in [1.165, 1.54) is 24.8 Å². The molecule has 1 fully saturated rings. The fourth-order valence-corrected chi connectivity index (χ4v) is 3.40. The molecule has 5 nitrogen and oxygen atoms in total. The number of aryl methyl sites for hydroxylation is 2. The lowest BCUT2D eigenvalue weighted by Gasteiger charge is -2.15. The van der Waals surface area contributed by atoms with Gasteiger partial charge in [0.25, 0.3) is 0 Å². The Morgan fingerprint density at radius 2 is 2.12 bits per heavy atom. The van der Waals surface area contributed by atoms with Gasteiger partial charge in [0.05, 0.1) is 11.4 Å². The summed E-state index contributed by atoms with van der Waals surface area (Å²) < 4.78 is 2.01. The fraction of sp³-hybridized carbons (Fsp3) is 0.500. The lowest BCUT2D eigenvalue weighted by Crippen LogP contribution is -2.38. The van der Waals surface area contributed by atoms with Crippen molar-refractivity contribution >= 4 is 5.96 Å². The molecular formula is C20H29N5. The minimum atomic E-state index is 0.581. The highest BCUT2D eigenvalue weighted by atomic mass is 15.3. The van der Waals surface area contributed by atoms with Gasteiger partial charge in [-0.25, -0.2) is 4.68 Å². The zero-order valence-corrected chi connectivity index (χ0v) is 15.7. The van der Waals surface area contributed by atoms with Crippen LogP contribution in [0.1, 0.15) is 43.1 Å². The number of para-hydroxylation sites is 1. The average Bonchev–Trinajstić information content (AvgIpc) is 3.25. The van der Waals surface area contributed by atoms with Crippen molar-refractivity contribution in [1.82, 2.24) is 20.4 Å². The number of aromatic nitrogens is 2. The second-order valence-corrected chi connectivity index (χ2v) is 6.93. The minimum absolute atomic E-state index is 0.581. The van der Waals surface area contributed by atoms with Crippen molar-refractivity contribution in [2.24, 2.45) is 10.9 Å². The Morgan fingerprint density at radius 3 is 2.80 bits per heavy atom. The quantitative estimate of drug-likeness (QED) is 0.627. The van der Waals surface area contributed by atoms with Crippen LogP contribution in [-0.4, -0.2) is 28.8 Å². The van der Waals surface area contributed by atoms with Gasteiger partial charge >= 0.3 is 0 Å². The summed E-state index contributed by atoms with van der Waals surface area (Å²) in [5, 5.41) is 11.6. The van der Waals surface area contributed by atoms with Gasteiger partial charge in [0, 0.05) is 25.3 Å². The van der Waals surface area contributed by atoms with Crippen LogP contribution < -0.4 is 10.6 Å². The summed E-state index contributed by atoms with van der Waals surface area (Å²) in [5.74, 6) is 1.69. The standard InChI is InChI=1S/C20H29N5/c1-5-8-16-12-18(16)23-20(21-4)22-13-17-9-6-7-10-19(17)25-15(3)11-14(2)24-25/h6-7,9-11,16,18H,5,8,12-13H2,1-4H3,(H2,21,22,23). The summed E-state index contributed by atoms with van der Waals surface area (Å²) in [4.78, 5) is 4.37. The van der Waals surface area contributed by atoms with E-state index in [9.17, 15) is 0 Å². The van der Waals surface area contributed by atoms with Crippen molar-refractivity contribution in [1.29, 1.82) is 0 Å². The van der Waals surface area contributed by atoms with Gasteiger partial charge in [-0.3, -0.25) is 4.99 Å². The van der Waals surface area contributed by atoms with E-state index in [0.29, 0.717) is 6.04 Å². The van der Waals surface area contributed by atoms with Crippen LogP contribution in [0.3, 0.4) is 0 Å². The van der Waals surface area contributed by atoms with Gasteiger partial charge < -0.3 is 10.6 Å². The molecule has 2 unspecified atom stereocenters. The van der Waals surface area contributed by atoms with Crippen LogP contribution >= 0.6 is 0 Å². The molecule has 25 heavy (non-hydrogen) atoms. The largest absolute Gasteiger partial charge is 0.353 e. The van der Waals surface area contributed by atoms with Crippen LogP contribution in [0.2, 0.25) is 0 Å². The van der Waals surface area contributed by atoms with Crippen molar-refractivity contribution in [2.75, 3.05) is 7.05 Å². The number of hydrogen-bond acceptors (Lipinski definition) is 2. The zero-order chi connectivity index (χ0) is 17.8. The minimum Gasteiger partial charge on any atom is -0.353 e. The monoisotopic (exact) mass is 339 g/mol. The van der Waals surface area contributed by atoms with Crippen LogP contribution in [0.15, 0.2) is 35.3 Å². The van der Waals surface area contributed by atoms with Gasteiger partial charge in [-0.15, -0.1) is 0 Å². The number of aliphatic imine (C=N–C) groups is 1. The third-order valence-electron chi connectivity index (χ3n) is 4.80. The highest BCUT2D eigenvalue weighted by molar-refractivity contribution is 5.80. The van der Waals surface area contributed by atoms with Gasteiger partial charge in [-0.2, -0.15) is 5.10 Å². The van der Waals surface area contributed by atoms with Crippen molar-refractivity contribution in [3.63, 3.8) is 0 Å². The van der Waals surface area contributed by atoms with Gasteiger partial charge in [0.15, 0.2) is 5.96 Å². The first-order valence-electron chi connectivity index (χ1n) is 9.21. The maximum absolute atomic E-state index is 4.62. The van der Waals surface area contributed by atoms with Crippen LogP contribution in [0.5, 0.6) is 0 Å². The normalized spacial score (nSPS) is 19.8. The highest BCUT2D eigenvalue weighted by Gasteiger charge is 2.36. The predicted octanol–water partition coefficient (Wildman–Crippen LogP) is 3.34. The van der Waals surface area contributed by atoms with Crippen molar-refractivity contribution < 1.29 is 0 Å². The predicted molar refractivity (Wildman–Crippen MR) is 103 cm³/mol. The molecule has 1 aromatic carbocycles. The average molecular weight is 339 g/mol. The van der Waals surface area contributed by atoms with Crippen LogP contribution in [0, 0.1) is 19.8 Å². The molecule has 5 heteroatoms. The third kappa shape index (κ3) is 4.21. The molecule has 1 aliphatic rings. The summed E-state index contributed by atoms with van der Waals surface area (Å²) in [7, 11) is 1.83. The van der Waals surface area contributed by atoms with Gasteiger partial charge in [0.1, 0.15) is 0 Å². The molecule has 0 amide bonds. The van der Waals surface area contributed by atoms with E-state index in [0.717, 1.165) is 35.5 Å². The van der Waals surface area contributed by atoms with E-state index in [1.54, 1.807) is 0 Å². The SMILES string of the molecule is CCCC1CC1NC(=NC)NCc1ccccc1-n1nc(C)cc1C. The Bertz CT molecular complexity index is 746. The number of nitrogens with zero attached hydrogens (tertiary/aromatic N) is 3. The van der Waals surface area contributed by atoms with E-state index >= 15 is 0 Å². The summed E-state index contributed by atoms with van der Waals surface area (Å²) in [5.41, 5.74) is 4.50. The molecule has 2 N–H and O–H groups in total. The molecular weight excluding hydrogens is 310 g/mol. The molecule has 134 valence electrons. The maximum atomic E-state index is 4.62. The summed E-state index contributed by atoms with van der Waals surface area (Å²) >= 11 is 0. The van der Waals surface area contributed by atoms with Crippen LogP contribution in [-0.2, 0) is 6.54 Å². The highest BCUT2D eigenvalue weighted by Crippen LogP contribution is 2.34. The number of hydrogen-bond donors (Lipinski definition) is 2. The van der Waals surface area contributed by atoms with E-state index < -0.39 is 0 Å². The summed E-state index contributed by atoms with van der Waals surface area (Å²) in [6.45, 7) is 7.09. The van der Waals surface area contributed by atoms with Crippen molar-refractivity contribution in [3.05, 3.63) is 47.3 Å². The van der Waals surface area contributed by atoms with Gasteiger partial charge in [0.2, 0.25) is 0 Å². The second kappa shape index (κ2) is 7.72. The van der Waals surface area contributed by atoms with E-state index in [4.69, 9.17) is 0 Å². The molecule has 1 aromatic heterocycles. The smallest absolute Gasteiger partial charge is 0.191 e. The molecule has 0 aliphatic heterocycles. The van der Waals surface area contributed by atoms with E-state index in [-0.39, 0.29) is 0 Å². The molecule has 1 saturated carbocycles. The number of benzene rings is 1. The van der Waals surface area contributed by atoms with Crippen molar-refractivity contribution in [3.8, 4) is 5.69 Å². The molecule has 0 radical (unpaired) electrons. The topological polar surface area (TPSA) is 54.2 Å². The molecule has 2 aromatic rings. The lowest BCUT2D eigenvalue weighted by molar-refractivity contribution is 0.655. The van der Waals surface area contributed by atoms with Gasteiger partial charge in [-0.05, 0) is 50.3 Å². The van der Waals surface area contributed by atoms with Crippen LogP contribution in [0.4, 0.5) is 0 Å². The Labute approximate surface area is 150 Å². The summed E-state index contributed by atoms with van der Waals surface area (Å²) in [6, 6.07) is 11.1.